The molecular weight excluding hydrogens is 432 g/mol. The van der Waals surface area contributed by atoms with Crippen molar-refractivity contribution in [3.05, 3.63) is 45.2 Å². The summed E-state index contributed by atoms with van der Waals surface area (Å²) in [5.74, 6) is 0.361. The molecule has 31 heavy (non-hydrogen) atoms. The van der Waals surface area contributed by atoms with Gasteiger partial charge >= 0.3 is 0 Å². The van der Waals surface area contributed by atoms with E-state index in [1.54, 1.807) is 30.3 Å². The zero-order valence-corrected chi connectivity index (χ0v) is 19.1. The number of fused-ring (bicyclic) bond motifs is 1. The molecule has 0 unspecified atom stereocenters. The third kappa shape index (κ3) is 4.83. The van der Waals surface area contributed by atoms with Gasteiger partial charge in [0.2, 0.25) is 0 Å². The largest absolute Gasteiger partial charge is 0.385 e. The Balaban J connectivity index is 1.70. The van der Waals surface area contributed by atoms with Crippen LogP contribution in [-0.2, 0) is 9.53 Å². The molecule has 1 saturated heterocycles. The third-order valence-electron chi connectivity index (χ3n) is 5.59. The van der Waals surface area contributed by atoms with Crippen LogP contribution in [0.1, 0.15) is 44.1 Å². The second-order valence-corrected chi connectivity index (χ2v) is 9.44. The molecule has 2 aromatic rings. The van der Waals surface area contributed by atoms with Gasteiger partial charge in [0.1, 0.15) is 15.8 Å². The lowest BCUT2D eigenvalue weighted by atomic mass is 9.95. The molecule has 1 N–H and O–H groups in total. The molecule has 1 saturated carbocycles. The summed E-state index contributed by atoms with van der Waals surface area (Å²) < 4.78 is 7.09. The Morgan fingerprint density at radius 1 is 1.29 bits per heavy atom. The van der Waals surface area contributed by atoms with Gasteiger partial charge in [-0.3, -0.25) is 18.9 Å². The van der Waals surface area contributed by atoms with Crippen LogP contribution in [0.25, 0.3) is 11.7 Å². The lowest BCUT2D eigenvalue weighted by molar-refractivity contribution is -0.122. The van der Waals surface area contributed by atoms with Crippen molar-refractivity contribution in [1.29, 1.82) is 0 Å². The van der Waals surface area contributed by atoms with Crippen molar-refractivity contribution in [2.45, 2.75) is 44.6 Å². The topological polar surface area (TPSA) is 75.9 Å². The number of pyridine rings is 1. The third-order valence-corrected chi connectivity index (χ3v) is 6.97. The predicted octanol–water partition coefficient (Wildman–Crippen LogP) is 3.68. The second kappa shape index (κ2) is 9.93. The minimum Gasteiger partial charge on any atom is -0.385 e. The van der Waals surface area contributed by atoms with E-state index in [9.17, 15) is 9.59 Å². The lowest BCUT2D eigenvalue weighted by Crippen LogP contribution is -2.30. The number of aromatic nitrogens is 2. The Morgan fingerprint density at radius 2 is 2.10 bits per heavy atom. The highest BCUT2D eigenvalue weighted by atomic mass is 32.2. The normalized spacial score (nSPS) is 19.0. The van der Waals surface area contributed by atoms with Gasteiger partial charge in [0.25, 0.3) is 11.5 Å². The number of hydrogen-bond acceptors (Lipinski definition) is 7. The van der Waals surface area contributed by atoms with E-state index in [1.165, 1.54) is 35.4 Å². The maximum absolute atomic E-state index is 13.3. The van der Waals surface area contributed by atoms with E-state index in [2.05, 4.69) is 5.32 Å². The number of rotatable bonds is 7. The van der Waals surface area contributed by atoms with E-state index in [0.29, 0.717) is 45.8 Å². The Morgan fingerprint density at radius 3 is 2.87 bits per heavy atom. The van der Waals surface area contributed by atoms with Crippen LogP contribution in [0.3, 0.4) is 0 Å². The predicted molar refractivity (Wildman–Crippen MR) is 128 cm³/mol. The van der Waals surface area contributed by atoms with Crippen molar-refractivity contribution in [1.82, 2.24) is 14.3 Å². The summed E-state index contributed by atoms with van der Waals surface area (Å²) in [5, 5.41) is 3.48. The van der Waals surface area contributed by atoms with Gasteiger partial charge in [0.15, 0.2) is 0 Å². The molecule has 3 heterocycles. The van der Waals surface area contributed by atoms with Gasteiger partial charge in [-0.05, 0) is 37.5 Å². The van der Waals surface area contributed by atoms with Gasteiger partial charge in [0, 0.05) is 32.5 Å². The molecule has 4 rings (SSSR count). The van der Waals surface area contributed by atoms with Crippen LogP contribution in [-0.4, -0.2) is 50.8 Å². The molecule has 0 atom stereocenters. The molecule has 7 nitrogen and oxygen atoms in total. The maximum atomic E-state index is 13.3. The number of carbonyl (C=O) groups is 1. The first kappa shape index (κ1) is 22.0. The maximum Gasteiger partial charge on any atom is 0.267 e. The van der Waals surface area contributed by atoms with Crippen LogP contribution in [0.2, 0.25) is 0 Å². The fraction of sp³-hybridized carbons (Fsp3) is 0.455. The van der Waals surface area contributed by atoms with Crippen molar-refractivity contribution in [3.8, 4) is 0 Å². The zero-order chi connectivity index (χ0) is 21.8. The molecule has 0 spiro atoms. The number of methoxy groups -OCH3 is 1. The number of thiocarbonyl (C=S) groups is 1. The summed E-state index contributed by atoms with van der Waals surface area (Å²) in [6, 6.07) is 5.75. The number of amides is 1. The van der Waals surface area contributed by atoms with Crippen molar-refractivity contribution in [3.63, 3.8) is 0 Å². The van der Waals surface area contributed by atoms with Crippen LogP contribution >= 0.6 is 24.0 Å². The highest BCUT2D eigenvalue weighted by molar-refractivity contribution is 8.26. The van der Waals surface area contributed by atoms with E-state index >= 15 is 0 Å². The standard InChI is InChI=1S/C22H26N4O3S2/c1-29-13-7-12-26-21(28)17(31-22(26)30)14-16-19(23-15-8-3-2-4-9-15)24-18-10-5-6-11-25(18)20(16)27/h5-6,10-11,14-15,23H,2-4,7-9,12-13H2,1H3/b17-14-. The molecule has 2 fully saturated rings. The molecule has 164 valence electrons. The van der Waals surface area contributed by atoms with Gasteiger partial charge in [-0.15, -0.1) is 0 Å². The van der Waals surface area contributed by atoms with Crippen molar-refractivity contribution in [2.75, 3.05) is 25.6 Å². The van der Waals surface area contributed by atoms with Gasteiger partial charge in [-0.25, -0.2) is 4.98 Å². The molecule has 0 bridgehead atoms. The Bertz CT molecular complexity index is 1080. The molecule has 1 aliphatic carbocycles. The smallest absolute Gasteiger partial charge is 0.267 e. The van der Waals surface area contributed by atoms with E-state index in [-0.39, 0.29) is 17.5 Å². The zero-order valence-electron chi connectivity index (χ0n) is 17.5. The molecular formula is C22H26N4O3S2. The van der Waals surface area contributed by atoms with Gasteiger partial charge in [-0.2, -0.15) is 0 Å². The van der Waals surface area contributed by atoms with Crippen molar-refractivity contribution >= 4 is 51.7 Å². The van der Waals surface area contributed by atoms with Gasteiger partial charge in [0.05, 0.1) is 10.5 Å². The van der Waals surface area contributed by atoms with E-state index < -0.39 is 0 Å². The van der Waals surface area contributed by atoms with Crippen LogP contribution in [0.4, 0.5) is 5.82 Å². The summed E-state index contributed by atoms with van der Waals surface area (Å²) in [7, 11) is 1.63. The average Bonchev–Trinajstić information content (AvgIpc) is 3.04. The molecule has 9 heteroatoms. The van der Waals surface area contributed by atoms with E-state index in [4.69, 9.17) is 21.9 Å². The summed E-state index contributed by atoms with van der Waals surface area (Å²) >= 11 is 6.63. The molecule has 2 aliphatic rings. The van der Waals surface area contributed by atoms with Crippen LogP contribution < -0.4 is 10.9 Å². The minimum atomic E-state index is -0.200. The average molecular weight is 459 g/mol. The lowest BCUT2D eigenvalue weighted by Gasteiger charge is -2.24. The number of anilines is 1. The Labute approximate surface area is 190 Å². The fourth-order valence-electron chi connectivity index (χ4n) is 3.97. The summed E-state index contributed by atoms with van der Waals surface area (Å²) in [5.41, 5.74) is 0.773. The molecule has 0 radical (unpaired) electrons. The SMILES string of the molecule is COCCCN1C(=O)/C(=C/c2c(NC3CCCCC3)nc3ccccn3c2=O)SC1=S. The van der Waals surface area contributed by atoms with Crippen LogP contribution in [0.15, 0.2) is 34.1 Å². The molecule has 2 aromatic heterocycles. The number of carbonyl (C=O) groups excluding carboxylic acids is 1. The van der Waals surface area contributed by atoms with Crippen LogP contribution in [0, 0.1) is 0 Å². The monoisotopic (exact) mass is 458 g/mol. The summed E-state index contributed by atoms with van der Waals surface area (Å²) in [4.78, 5) is 33.0. The number of ether oxygens (including phenoxy) is 1. The molecule has 1 aliphatic heterocycles. The number of nitrogens with one attached hydrogen (secondary N) is 1. The highest BCUT2D eigenvalue weighted by Gasteiger charge is 2.32. The molecule has 1 amide bonds. The quantitative estimate of drug-likeness (QED) is 0.385. The van der Waals surface area contributed by atoms with Crippen molar-refractivity contribution in [2.24, 2.45) is 0 Å². The summed E-state index contributed by atoms with van der Waals surface area (Å²) in [6.45, 7) is 1.06. The molecule has 0 aromatic carbocycles. The second-order valence-electron chi connectivity index (χ2n) is 7.77. The minimum absolute atomic E-state index is 0.174. The van der Waals surface area contributed by atoms with E-state index in [1.807, 2.05) is 12.1 Å². The van der Waals surface area contributed by atoms with Gasteiger partial charge in [-0.1, -0.05) is 49.3 Å². The van der Waals surface area contributed by atoms with Crippen molar-refractivity contribution < 1.29 is 9.53 Å². The highest BCUT2D eigenvalue weighted by Crippen LogP contribution is 2.33. The fourth-order valence-corrected chi connectivity index (χ4v) is 5.26. The first-order chi connectivity index (χ1) is 15.1. The Hall–Kier alpha value is -2.23. The summed E-state index contributed by atoms with van der Waals surface area (Å²) in [6.07, 6.45) is 9.72. The van der Waals surface area contributed by atoms with Gasteiger partial charge < -0.3 is 10.1 Å². The first-order valence-electron chi connectivity index (χ1n) is 10.6. The Kier molecular flexibility index (Phi) is 7.04. The number of nitrogens with zero attached hydrogens (tertiary/aromatic N) is 3. The number of hydrogen-bond donors (Lipinski definition) is 1. The first-order valence-corrected chi connectivity index (χ1v) is 11.8. The number of thioether (sulfide) groups is 1. The van der Waals surface area contributed by atoms with Crippen LogP contribution in [0.5, 0.6) is 0 Å². The van der Waals surface area contributed by atoms with E-state index in [0.717, 1.165) is 12.8 Å².